The van der Waals surface area contributed by atoms with Crippen LogP contribution in [-0.4, -0.2) is 30.8 Å². The summed E-state index contributed by atoms with van der Waals surface area (Å²) in [6, 6.07) is 8.64. The molecule has 3 nitrogen and oxygen atoms in total. The average Bonchev–Trinajstić information content (AvgIpc) is 2.90. The largest absolute Gasteiger partial charge is 0.308 e. The van der Waals surface area contributed by atoms with E-state index in [-0.39, 0.29) is 11.9 Å². The van der Waals surface area contributed by atoms with E-state index in [1.54, 1.807) is 11.8 Å². The summed E-state index contributed by atoms with van der Waals surface area (Å²) in [7, 11) is 1.88. The first-order valence-electron chi connectivity index (χ1n) is 7.03. The lowest BCUT2D eigenvalue weighted by molar-refractivity contribution is -0.120. The Morgan fingerprint density at radius 3 is 2.74 bits per heavy atom. The third-order valence-corrected chi connectivity index (χ3v) is 5.26. The maximum absolute atomic E-state index is 12.8. The van der Waals surface area contributed by atoms with Gasteiger partial charge in [0.15, 0.2) is 0 Å². The maximum atomic E-state index is 12.8. The molecule has 1 N–H and O–H groups in total. The molecule has 0 spiro atoms. The van der Waals surface area contributed by atoms with Crippen molar-refractivity contribution in [2.45, 2.75) is 42.7 Å². The smallest absolute Gasteiger partial charge is 0.245 e. The number of hydrogen-bond acceptors (Lipinski definition) is 3. The van der Waals surface area contributed by atoms with Crippen LogP contribution in [0.4, 0.5) is 5.69 Å². The van der Waals surface area contributed by atoms with Crippen molar-refractivity contribution in [3.05, 3.63) is 24.3 Å². The van der Waals surface area contributed by atoms with Gasteiger partial charge in [0, 0.05) is 16.7 Å². The van der Waals surface area contributed by atoms with Crippen LogP contribution >= 0.6 is 11.8 Å². The van der Waals surface area contributed by atoms with Gasteiger partial charge in [-0.25, -0.2) is 0 Å². The molecule has 1 amide bonds. The Labute approximate surface area is 118 Å². The minimum Gasteiger partial charge on any atom is -0.308 e. The molecule has 0 radical (unpaired) electrons. The molecular weight excluding hydrogens is 256 g/mol. The first-order chi connectivity index (χ1) is 9.31. The lowest BCUT2D eigenvalue weighted by Gasteiger charge is -2.31. The molecule has 102 valence electrons. The summed E-state index contributed by atoms with van der Waals surface area (Å²) < 4.78 is 0. The second-order valence-corrected chi connectivity index (χ2v) is 6.33. The van der Waals surface area contributed by atoms with Crippen LogP contribution in [-0.2, 0) is 4.79 Å². The van der Waals surface area contributed by atoms with Crippen LogP contribution in [0.1, 0.15) is 25.7 Å². The van der Waals surface area contributed by atoms with Gasteiger partial charge in [-0.1, -0.05) is 25.0 Å². The number of para-hydroxylation sites is 1. The molecule has 1 aliphatic heterocycles. The number of nitrogens with one attached hydrogen (secondary N) is 1. The van der Waals surface area contributed by atoms with Gasteiger partial charge in [0.05, 0.1) is 11.7 Å². The van der Waals surface area contributed by atoms with E-state index in [1.807, 2.05) is 13.1 Å². The Bertz CT molecular complexity index is 471. The number of nitrogens with zero attached hydrogens (tertiary/aromatic N) is 1. The molecular formula is C15H20N2OS. The van der Waals surface area contributed by atoms with Gasteiger partial charge in [-0.3, -0.25) is 4.79 Å². The number of thioether (sulfide) groups is 1. The van der Waals surface area contributed by atoms with E-state index in [4.69, 9.17) is 0 Å². The number of benzene rings is 1. The highest BCUT2D eigenvalue weighted by molar-refractivity contribution is 7.99. The molecule has 1 fully saturated rings. The van der Waals surface area contributed by atoms with Gasteiger partial charge in [0.1, 0.15) is 0 Å². The van der Waals surface area contributed by atoms with Gasteiger partial charge in [0.2, 0.25) is 5.91 Å². The van der Waals surface area contributed by atoms with E-state index < -0.39 is 0 Å². The van der Waals surface area contributed by atoms with Gasteiger partial charge in [0.25, 0.3) is 0 Å². The number of rotatable bonds is 2. The van der Waals surface area contributed by atoms with E-state index >= 15 is 0 Å². The van der Waals surface area contributed by atoms with E-state index in [1.165, 1.54) is 17.7 Å². The number of amides is 1. The van der Waals surface area contributed by atoms with Crippen LogP contribution < -0.4 is 10.2 Å². The van der Waals surface area contributed by atoms with Crippen LogP contribution in [0.15, 0.2) is 29.2 Å². The van der Waals surface area contributed by atoms with E-state index in [9.17, 15) is 4.79 Å². The van der Waals surface area contributed by atoms with Crippen molar-refractivity contribution in [3.8, 4) is 0 Å². The molecule has 0 aromatic heterocycles. The normalized spacial score (nSPS) is 24.4. The highest BCUT2D eigenvalue weighted by atomic mass is 32.2. The number of carbonyl (C=O) groups excluding carboxylic acids is 1. The number of likely N-dealkylation sites (N-methyl/N-ethyl adjacent to an activating group) is 1. The van der Waals surface area contributed by atoms with Crippen LogP contribution in [0.25, 0.3) is 0 Å². The predicted octanol–water partition coefficient (Wildman–Crippen LogP) is 2.66. The zero-order valence-corrected chi connectivity index (χ0v) is 12.1. The average molecular weight is 276 g/mol. The molecule has 0 saturated heterocycles. The third kappa shape index (κ3) is 2.39. The summed E-state index contributed by atoms with van der Waals surface area (Å²) in [4.78, 5) is 16.1. The highest BCUT2D eigenvalue weighted by Gasteiger charge is 2.35. The molecule has 1 aromatic rings. The highest BCUT2D eigenvalue weighted by Crippen LogP contribution is 2.38. The van der Waals surface area contributed by atoms with E-state index in [0.29, 0.717) is 6.04 Å². The fourth-order valence-corrected chi connectivity index (χ4v) is 4.20. The lowest BCUT2D eigenvalue weighted by atomic mass is 10.1. The Kier molecular flexibility index (Phi) is 3.80. The molecule has 1 unspecified atom stereocenters. The summed E-state index contributed by atoms with van der Waals surface area (Å²) in [5.74, 6) is 1.06. The fourth-order valence-electron chi connectivity index (χ4n) is 3.06. The van der Waals surface area contributed by atoms with Crippen molar-refractivity contribution in [2.24, 2.45) is 0 Å². The summed E-state index contributed by atoms with van der Waals surface area (Å²) in [6.45, 7) is 0. The molecule has 3 rings (SSSR count). The third-order valence-electron chi connectivity index (χ3n) is 4.10. The summed E-state index contributed by atoms with van der Waals surface area (Å²) in [6.07, 6.45) is 4.77. The number of fused-ring (bicyclic) bond motifs is 1. The summed E-state index contributed by atoms with van der Waals surface area (Å²) in [5, 5.41) is 3.17. The first-order valence-corrected chi connectivity index (χ1v) is 8.02. The quantitative estimate of drug-likeness (QED) is 0.901. The minimum absolute atomic E-state index is 0.0713. The van der Waals surface area contributed by atoms with Crippen LogP contribution in [0.3, 0.4) is 0 Å². The fraction of sp³-hybridized carbons (Fsp3) is 0.533. The minimum atomic E-state index is -0.0713. The Morgan fingerprint density at radius 2 is 2.00 bits per heavy atom. The van der Waals surface area contributed by atoms with Crippen LogP contribution in [0.2, 0.25) is 0 Å². The Balaban J connectivity index is 2.01. The molecule has 1 aliphatic carbocycles. The van der Waals surface area contributed by atoms with Gasteiger partial charge in [-0.15, -0.1) is 11.8 Å². The zero-order valence-electron chi connectivity index (χ0n) is 11.3. The summed E-state index contributed by atoms with van der Waals surface area (Å²) >= 11 is 1.78. The monoisotopic (exact) mass is 276 g/mol. The molecule has 1 aromatic carbocycles. The van der Waals surface area contributed by atoms with Gasteiger partial charge in [-0.2, -0.15) is 0 Å². The molecule has 1 atom stereocenters. The first kappa shape index (κ1) is 13.0. The van der Waals surface area contributed by atoms with Crippen molar-refractivity contribution in [2.75, 3.05) is 17.7 Å². The lowest BCUT2D eigenvalue weighted by Crippen LogP contribution is -2.49. The second kappa shape index (κ2) is 5.55. The van der Waals surface area contributed by atoms with Crippen molar-refractivity contribution in [1.29, 1.82) is 0 Å². The molecule has 0 bridgehead atoms. The number of hydrogen-bond donors (Lipinski definition) is 1. The number of carbonyl (C=O) groups is 1. The number of anilines is 1. The van der Waals surface area contributed by atoms with E-state index in [0.717, 1.165) is 24.3 Å². The zero-order chi connectivity index (χ0) is 13.2. The standard InChI is InChI=1S/C15H20N2OS/c1-16-12-10-19-14-9-5-4-8-13(14)17(15(12)18)11-6-2-3-7-11/h4-5,8-9,11-12,16H,2-3,6-7,10H2,1H3. The van der Waals surface area contributed by atoms with Crippen molar-refractivity contribution in [3.63, 3.8) is 0 Å². The van der Waals surface area contributed by atoms with Crippen molar-refractivity contribution < 1.29 is 4.79 Å². The van der Waals surface area contributed by atoms with E-state index in [2.05, 4.69) is 28.4 Å². The SMILES string of the molecule is CNC1CSc2ccccc2N(C2CCCC2)C1=O. The summed E-state index contributed by atoms with van der Waals surface area (Å²) in [5.41, 5.74) is 1.11. The maximum Gasteiger partial charge on any atom is 0.245 e. The van der Waals surface area contributed by atoms with Gasteiger partial charge < -0.3 is 10.2 Å². The molecule has 1 saturated carbocycles. The molecule has 19 heavy (non-hydrogen) atoms. The molecule has 4 heteroatoms. The Morgan fingerprint density at radius 1 is 1.26 bits per heavy atom. The van der Waals surface area contributed by atoms with Crippen LogP contribution in [0.5, 0.6) is 0 Å². The molecule has 2 aliphatic rings. The van der Waals surface area contributed by atoms with Gasteiger partial charge in [-0.05, 0) is 32.0 Å². The van der Waals surface area contributed by atoms with Gasteiger partial charge >= 0.3 is 0 Å². The Hall–Kier alpha value is -1.00. The van der Waals surface area contributed by atoms with Crippen molar-refractivity contribution in [1.82, 2.24) is 5.32 Å². The molecule has 1 heterocycles. The second-order valence-electron chi connectivity index (χ2n) is 5.27. The van der Waals surface area contributed by atoms with Crippen LogP contribution in [0, 0.1) is 0 Å². The van der Waals surface area contributed by atoms with Crippen molar-refractivity contribution >= 4 is 23.4 Å². The predicted molar refractivity (Wildman–Crippen MR) is 79.8 cm³/mol. The topological polar surface area (TPSA) is 32.3 Å².